The number of phenolic OH excluding ortho intramolecular Hbond substituents is 1. The van der Waals surface area contributed by atoms with Gasteiger partial charge in [0, 0.05) is 11.1 Å². The molecule has 0 saturated heterocycles. The van der Waals surface area contributed by atoms with Crippen LogP contribution in [0.1, 0.15) is 27.5 Å². The van der Waals surface area contributed by atoms with Crippen LogP contribution in [0.4, 0.5) is 0 Å². The Hall–Kier alpha value is -2.70. The van der Waals surface area contributed by atoms with E-state index >= 15 is 0 Å². The summed E-state index contributed by atoms with van der Waals surface area (Å²) >= 11 is 11.1. The molecule has 0 spiro atoms. The third-order valence-corrected chi connectivity index (χ3v) is 4.81. The Kier molecular flexibility index (Phi) is 3.59. The van der Waals surface area contributed by atoms with Crippen LogP contribution in [0, 0.1) is 0 Å². The third-order valence-electron chi connectivity index (χ3n) is 4.27. The highest BCUT2D eigenvalue weighted by atomic mass is 35.5. The second kappa shape index (κ2) is 5.68. The van der Waals surface area contributed by atoms with Gasteiger partial charge in [-0.15, -0.1) is 0 Å². The molecule has 25 heavy (non-hydrogen) atoms. The number of aromatic hydroxyl groups is 1. The Labute approximate surface area is 153 Å². The van der Waals surface area contributed by atoms with Crippen LogP contribution in [0.25, 0.3) is 5.70 Å². The minimum atomic E-state index is -0.656. The Morgan fingerprint density at radius 3 is 2.48 bits per heavy atom. The van der Waals surface area contributed by atoms with E-state index in [0.29, 0.717) is 27.5 Å². The summed E-state index contributed by atoms with van der Waals surface area (Å²) in [5.41, 5.74) is 2.36. The molecular formula is C18H11ClN2O3S. The second-order valence-corrected chi connectivity index (χ2v) is 6.55. The van der Waals surface area contributed by atoms with E-state index in [1.54, 1.807) is 30.3 Å². The molecule has 3 N–H and O–H groups in total. The summed E-state index contributed by atoms with van der Waals surface area (Å²) in [4.78, 5) is 25.3. The first-order valence-corrected chi connectivity index (χ1v) is 8.24. The maximum absolute atomic E-state index is 12.7. The number of Topliss-reactive ketones (excluding diaryl/α,β-unsaturated/α-hetero) is 2. The minimum Gasteiger partial charge on any atom is -0.506 e. The lowest BCUT2D eigenvalue weighted by Crippen LogP contribution is -2.47. The number of hydrogen-bond acceptors (Lipinski definition) is 4. The maximum Gasteiger partial charge on any atom is 0.234 e. The average molecular weight is 371 g/mol. The van der Waals surface area contributed by atoms with Crippen LogP contribution in [0.3, 0.4) is 0 Å². The number of ketones is 2. The van der Waals surface area contributed by atoms with Crippen molar-refractivity contribution >= 4 is 46.2 Å². The Bertz CT molecular complexity index is 1000. The lowest BCUT2D eigenvalue weighted by Gasteiger charge is -2.34. The van der Waals surface area contributed by atoms with Crippen molar-refractivity contribution in [1.82, 2.24) is 10.6 Å². The van der Waals surface area contributed by atoms with E-state index in [4.69, 9.17) is 23.8 Å². The second-order valence-electron chi connectivity index (χ2n) is 5.73. The molecule has 1 aliphatic carbocycles. The van der Waals surface area contributed by atoms with Crippen LogP contribution in [0.15, 0.2) is 48.0 Å². The molecule has 0 fully saturated rings. The highest BCUT2D eigenvalue weighted by molar-refractivity contribution is 7.80. The zero-order chi connectivity index (χ0) is 17.7. The molecule has 0 bridgehead atoms. The predicted molar refractivity (Wildman–Crippen MR) is 97.4 cm³/mol. The minimum absolute atomic E-state index is 0.109. The Morgan fingerprint density at radius 1 is 1.04 bits per heavy atom. The fourth-order valence-electron chi connectivity index (χ4n) is 3.12. The molecule has 1 atom stereocenters. The molecule has 2 aromatic rings. The summed E-state index contributed by atoms with van der Waals surface area (Å²) < 4.78 is 0. The number of benzene rings is 2. The molecule has 0 amide bonds. The quantitative estimate of drug-likeness (QED) is 0.529. The molecule has 0 saturated carbocycles. The first-order chi connectivity index (χ1) is 12.0. The van der Waals surface area contributed by atoms with Crippen molar-refractivity contribution < 1.29 is 14.7 Å². The summed E-state index contributed by atoms with van der Waals surface area (Å²) in [6.45, 7) is 0. The molecule has 2 aliphatic rings. The van der Waals surface area contributed by atoms with Gasteiger partial charge in [0.25, 0.3) is 0 Å². The third kappa shape index (κ3) is 2.42. The van der Waals surface area contributed by atoms with Gasteiger partial charge in [-0.05, 0) is 29.9 Å². The van der Waals surface area contributed by atoms with Gasteiger partial charge in [-0.25, -0.2) is 0 Å². The van der Waals surface area contributed by atoms with Gasteiger partial charge >= 0.3 is 0 Å². The fourth-order valence-corrected chi connectivity index (χ4v) is 3.46. The standard InChI is InChI=1S/C18H11ClN2O3S/c19-11-6-5-8(7-12(11)22)14-13-15(21-18(25)20-14)9-3-1-2-4-10(9)16(23)17(13)24/h1-7,14,22H,(H2,20,21,25). The molecular weight excluding hydrogens is 360 g/mol. The summed E-state index contributed by atoms with van der Waals surface area (Å²) in [5, 5.41) is 16.4. The first-order valence-electron chi connectivity index (χ1n) is 7.46. The molecule has 124 valence electrons. The molecule has 1 unspecified atom stereocenters. The SMILES string of the molecule is O=C1C(=O)c2ccccc2C2=C1C(c1ccc(Cl)c(O)c1)NC(=S)N2. The highest BCUT2D eigenvalue weighted by Gasteiger charge is 2.40. The number of hydrogen-bond donors (Lipinski definition) is 3. The normalized spacial score (nSPS) is 19.1. The van der Waals surface area contributed by atoms with E-state index in [1.165, 1.54) is 12.1 Å². The van der Waals surface area contributed by atoms with Crippen LogP contribution in [-0.2, 0) is 4.79 Å². The summed E-state index contributed by atoms with van der Waals surface area (Å²) in [6, 6.07) is 10.9. The number of carbonyl (C=O) groups is 2. The van der Waals surface area contributed by atoms with E-state index in [1.807, 2.05) is 0 Å². The van der Waals surface area contributed by atoms with E-state index in [9.17, 15) is 14.7 Å². The topological polar surface area (TPSA) is 78.4 Å². The fraction of sp³-hybridized carbons (Fsp3) is 0.0556. The lowest BCUT2D eigenvalue weighted by molar-refractivity contribution is -0.112. The van der Waals surface area contributed by atoms with Gasteiger partial charge in [0.15, 0.2) is 5.11 Å². The molecule has 1 heterocycles. The van der Waals surface area contributed by atoms with Crippen molar-refractivity contribution in [2.45, 2.75) is 6.04 Å². The number of fused-ring (bicyclic) bond motifs is 2. The van der Waals surface area contributed by atoms with Crippen molar-refractivity contribution in [2.24, 2.45) is 0 Å². The Balaban J connectivity index is 1.95. The first kappa shape index (κ1) is 15.8. The van der Waals surface area contributed by atoms with Crippen molar-refractivity contribution in [3.05, 3.63) is 69.8 Å². The van der Waals surface area contributed by atoms with Crippen molar-refractivity contribution in [1.29, 1.82) is 0 Å². The average Bonchev–Trinajstić information content (AvgIpc) is 2.61. The number of carbonyl (C=O) groups excluding carboxylic acids is 2. The van der Waals surface area contributed by atoms with E-state index in [2.05, 4.69) is 10.6 Å². The van der Waals surface area contributed by atoms with Crippen LogP contribution < -0.4 is 10.6 Å². The highest BCUT2D eigenvalue weighted by Crippen LogP contribution is 2.38. The summed E-state index contributed by atoms with van der Waals surface area (Å²) in [5.74, 6) is -1.27. The smallest absolute Gasteiger partial charge is 0.234 e. The molecule has 2 aromatic carbocycles. The molecule has 0 radical (unpaired) electrons. The van der Waals surface area contributed by atoms with Crippen molar-refractivity contribution in [3.63, 3.8) is 0 Å². The number of thiocarbonyl (C=S) groups is 1. The zero-order valence-corrected chi connectivity index (χ0v) is 14.2. The van der Waals surface area contributed by atoms with E-state index < -0.39 is 17.6 Å². The monoisotopic (exact) mass is 370 g/mol. The number of halogens is 1. The number of nitrogens with one attached hydrogen (secondary N) is 2. The van der Waals surface area contributed by atoms with Crippen LogP contribution in [-0.4, -0.2) is 21.8 Å². The Morgan fingerprint density at radius 2 is 1.76 bits per heavy atom. The molecule has 0 aromatic heterocycles. The molecule has 5 nitrogen and oxygen atoms in total. The molecule has 7 heteroatoms. The van der Waals surface area contributed by atoms with E-state index in [-0.39, 0.29) is 16.3 Å². The maximum atomic E-state index is 12.7. The van der Waals surface area contributed by atoms with Gasteiger partial charge in [0.05, 0.1) is 22.3 Å². The van der Waals surface area contributed by atoms with Gasteiger partial charge in [0.1, 0.15) is 5.75 Å². The van der Waals surface area contributed by atoms with Crippen LogP contribution in [0.2, 0.25) is 5.02 Å². The number of phenols is 1. The predicted octanol–water partition coefficient (Wildman–Crippen LogP) is 2.74. The largest absolute Gasteiger partial charge is 0.506 e. The van der Waals surface area contributed by atoms with Gasteiger partial charge in [-0.1, -0.05) is 41.9 Å². The zero-order valence-electron chi connectivity index (χ0n) is 12.7. The summed E-state index contributed by atoms with van der Waals surface area (Å²) in [7, 11) is 0. The van der Waals surface area contributed by atoms with Crippen molar-refractivity contribution in [3.8, 4) is 5.75 Å². The van der Waals surface area contributed by atoms with Gasteiger partial charge in [-0.3, -0.25) is 9.59 Å². The van der Waals surface area contributed by atoms with E-state index in [0.717, 1.165) is 0 Å². The molecule has 1 aliphatic heterocycles. The van der Waals surface area contributed by atoms with Gasteiger partial charge < -0.3 is 15.7 Å². The summed E-state index contributed by atoms with van der Waals surface area (Å²) in [6.07, 6.45) is 0. The van der Waals surface area contributed by atoms with Gasteiger partial charge in [-0.2, -0.15) is 0 Å². The van der Waals surface area contributed by atoms with Crippen LogP contribution >= 0.6 is 23.8 Å². The molecule has 4 rings (SSSR count). The lowest BCUT2D eigenvalue weighted by atomic mass is 9.81. The van der Waals surface area contributed by atoms with Crippen molar-refractivity contribution in [2.75, 3.05) is 0 Å². The van der Waals surface area contributed by atoms with Gasteiger partial charge in [0.2, 0.25) is 11.6 Å². The number of rotatable bonds is 1. The van der Waals surface area contributed by atoms with Crippen LogP contribution in [0.5, 0.6) is 5.75 Å².